The molecule has 0 N–H and O–H groups in total. The topological polar surface area (TPSA) is 9.23 Å². The lowest BCUT2D eigenvalue weighted by Gasteiger charge is -2.07. The van der Waals surface area contributed by atoms with E-state index in [1.54, 1.807) is 7.11 Å². The van der Waals surface area contributed by atoms with Crippen molar-refractivity contribution in [2.24, 2.45) is 0 Å². The van der Waals surface area contributed by atoms with Crippen LogP contribution in [0.2, 0.25) is 0 Å². The molecule has 0 fully saturated rings. The van der Waals surface area contributed by atoms with Gasteiger partial charge in [0, 0.05) is 10.9 Å². The molecule has 0 radical (unpaired) electrons. The zero-order valence-electron chi connectivity index (χ0n) is 10.1. The van der Waals surface area contributed by atoms with Gasteiger partial charge in [0.1, 0.15) is 5.75 Å². The van der Waals surface area contributed by atoms with Gasteiger partial charge in [-0.3, -0.25) is 0 Å². The van der Waals surface area contributed by atoms with Crippen molar-refractivity contribution in [3.8, 4) is 5.75 Å². The van der Waals surface area contributed by atoms with Crippen LogP contribution in [0.1, 0.15) is 16.7 Å². The van der Waals surface area contributed by atoms with Crippen LogP contribution in [0.15, 0.2) is 53.0 Å². The third-order valence-electron chi connectivity index (χ3n) is 3.28. The van der Waals surface area contributed by atoms with Crippen LogP contribution in [0.4, 0.5) is 0 Å². The maximum absolute atomic E-state index is 5.20. The SMILES string of the molecule is COc1ccc(C2=C(Br)Cc3ccccc32)cc1. The van der Waals surface area contributed by atoms with Gasteiger partial charge in [-0.25, -0.2) is 0 Å². The number of hydrogen-bond acceptors (Lipinski definition) is 1. The summed E-state index contributed by atoms with van der Waals surface area (Å²) in [5.74, 6) is 0.891. The van der Waals surface area contributed by atoms with Gasteiger partial charge in [-0.05, 0) is 34.4 Å². The molecule has 1 nitrogen and oxygen atoms in total. The van der Waals surface area contributed by atoms with Crippen LogP contribution in [-0.2, 0) is 6.42 Å². The fourth-order valence-corrected chi connectivity index (χ4v) is 3.13. The lowest BCUT2D eigenvalue weighted by atomic mass is 9.99. The zero-order valence-corrected chi connectivity index (χ0v) is 11.7. The van der Waals surface area contributed by atoms with Crippen molar-refractivity contribution in [3.63, 3.8) is 0 Å². The molecular formula is C16H13BrO. The predicted octanol–water partition coefficient (Wildman–Crippen LogP) is 4.41. The highest BCUT2D eigenvalue weighted by molar-refractivity contribution is 9.11. The quantitative estimate of drug-likeness (QED) is 0.798. The molecule has 2 aromatic rings. The first-order valence-electron chi connectivity index (χ1n) is 5.91. The standard InChI is InChI=1S/C16H13BrO/c1-18-13-8-6-11(7-9-13)16-14-5-3-2-4-12(14)10-15(16)17/h2-9H,10H2,1H3. The molecule has 1 aliphatic rings. The number of fused-ring (bicyclic) bond motifs is 1. The van der Waals surface area contributed by atoms with E-state index < -0.39 is 0 Å². The van der Waals surface area contributed by atoms with Crippen LogP contribution in [0.3, 0.4) is 0 Å². The molecule has 3 rings (SSSR count). The molecule has 1 aliphatic carbocycles. The van der Waals surface area contributed by atoms with E-state index in [0.29, 0.717) is 0 Å². The number of methoxy groups -OCH3 is 1. The Labute approximate surface area is 115 Å². The van der Waals surface area contributed by atoms with E-state index >= 15 is 0 Å². The Morgan fingerprint density at radius 2 is 1.72 bits per heavy atom. The molecule has 0 aromatic heterocycles. The van der Waals surface area contributed by atoms with Gasteiger partial charge in [0.05, 0.1) is 7.11 Å². The van der Waals surface area contributed by atoms with E-state index in [9.17, 15) is 0 Å². The first-order valence-corrected chi connectivity index (χ1v) is 6.70. The molecule has 0 saturated carbocycles. The number of rotatable bonds is 2. The van der Waals surface area contributed by atoms with Crippen molar-refractivity contribution in [2.45, 2.75) is 6.42 Å². The molecule has 90 valence electrons. The first-order chi connectivity index (χ1) is 8.79. The second kappa shape index (κ2) is 4.62. The Bertz CT molecular complexity index is 611. The summed E-state index contributed by atoms with van der Waals surface area (Å²) in [4.78, 5) is 0. The van der Waals surface area contributed by atoms with Crippen LogP contribution in [-0.4, -0.2) is 7.11 Å². The molecule has 0 spiro atoms. The summed E-state index contributed by atoms with van der Waals surface area (Å²) in [6.45, 7) is 0. The summed E-state index contributed by atoms with van der Waals surface area (Å²) >= 11 is 3.71. The zero-order chi connectivity index (χ0) is 12.5. The Morgan fingerprint density at radius 3 is 2.44 bits per heavy atom. The Morgan fingerprint density at radius 1 is 1.00 bits per heavy atom. The molecule has 0 unspecified atom stereocenters. The van der Waals surface area contributed by atoms with Gasteiger partial charge < -0.3 is 4.74 Å². The third kappa shape index (κ3) is 1.87. The third-order valence-corrected chi connectivity index (χ3v) is 3.96. The van der Waals surface area contributed by atoms with Gasteiger partial charge >= 0.3 is 0 Å². The number of benzene rings is 2. The average Bonchev–Trinajstić information content (AvgIpc) is 2.75. The number of allylic oxidation sites excluding steroid dienone is 1. The van der Waals surface area contributed by atoms with Crippen molar-refractivity contribution >= 4 is 21.5 Å². The molecule has 18 heavy (non-hydrogen) atoms. The highest BCUT2D eigenvalue weighted by Crippen LogP contribution is 2.40. The first kappa shape index (κ1) is 11.5. The predicted molar refractivity (Wildman–Crippen MR) is 78.1 cm³/mol. The van der Waals surface area contributed by atoms with Crippen LogP contribution in [0.5, 0.6) is 5.75 Å². The van der Waals surface area contributed by atoms with Crippen molar-refractivity contribution in [3.05, 3.63) is 69.7 Å². The van der Waals surface area contributed by atoms with Crippen molar-refractivity contribution in [1.82, 2.24) is 0 Å². The largest absolute Gasteiger partial charge is 0.497 e. The molecule has 2 heteroatoms. The number of hydrogen-bond donors (Lipinski definition) is 0. The van der Waals surface area contributed by atoms with E-state index in [2.05, 4.69) is 52.3 Å². The molecule has 0 saturated heterocycles. The summed E-state index contributed by atoms with van der Waals surface area (Å²) < 4.78 is 6.46. The normalized spacial score (nSPS) is 13.7. The second-order valence-corrected chi connectivity index (χ2v) is 5.30. The van der Waals surface area contributed by atoms with E-state index in [0.717, 1.165) is 12.2 Å². The Balaban J connectivity index is 2.08. The van der Waals surface area contributed by atoms with E-state index in [1.165, 1.54) is 26.7 Å². The minimum Gasteiger partial charge on any atom is -0.497 e. The smallest absolute Gasteiger partial charge is 0.118 e. The maximum Gasteiger partial charge on any atom is 0.118 e. The fourth-order valence-electron chi connectivity index (χ4n) is 2.39. The lowest BCUT2D eigenvalue weighted by molar-refractivity contribution is 0.415. The van der Waals surface area contributed by atoms with Gasteiger partial charge in [-0.1, -0.05) is 52.3 Å². The Hall–Kier alpha value is -1.54. The minimum absolute atomic E-state index is 0.891. The molecule has 2 aromatic carbocycles. The van der Waals surface area contributed by atoms with Gasteiger partial charge in [-0.2, -0.15) is 0 Å². The maximum atomic E-state index is 5.20. The summed E-state index contributed by atoms with van der Waals surface area (Å²) in [6.07, 6.45) is 0.984. The Kier molecular flexibility index (Phi) is 2.96. The summed E-state index contributed by atoms with van der Waals surface area (Å²) in [6, 6.07) is 16.8. The van der Waals surface area contributed by atoms with Crippen molar-refractivity contribution in [2.75, 3.05) is 7.11 Å². The molecule has 0 bridgehead atoms. The van der Waals surface area contributed by atoms with Gasteiger partial charge in [0.25, 0.3) is 0 Å². The molecule has 0 aliphatic heterocycles. The van der Waals surface area contributed by atoms with Crippen molar-refractivity contribution < 1.29 is 4.74 Å². The minimum atomic E-state index is 0.891. The molecular weight excluding hydrogens is 288 g/mol. The number of halogens is 1. The lowest BCUT2D eigenvalue weighted by Crippen LogP contribution is -1.88. The highest BCUT2D eigenvalue weighted by Gasteiger charge is 2.20. The van der Waals surface area contributed by atoms with Crippen LogP contribution < -0.4 is 4.74 Å². The van der Waals surface area contributed by atoms with E-state index in [1.807, 2.05) is 12.1 Å². The second-order valence-electron chi connectivity index (χ2n) is 4.34. The number of ether oxygens (including phenoxy) is 1. The molecule has 0 heterocycles. The molecule has 0 atom stereocenters. The summed E-state index contributed by atoms with van der Waals surface area (Å²) in [7, 11) is 1.69. The fraction of sp³-hybridized carbons (Fsp3) is 0.125. The van der Waals surface area contributed by atoms with Crippen LogP contribution in [0, 0.1) is 0 Å². The van der Waals surface area contributed by atoms with E-state index in [-0.39, 0.29) is 0 Å². The summed E-state index contributed by atoms with van der Waals surface area (Å²) in [5.41, 5.74) is 5.24. The monoisotopic (exact) mass is 300 g/mol. The molecule has 0 amide bonds. The van der Waals surface area contributed by atoms with Crippen LogP contribution >= 0.6 is 15.9 Å². The van der Waals surface area contributed by atoms with Gasteiger partial charge in [0.15, 0.2) is 0 Å². The highest BCUT2D eigenvalue weighted by atomic mass is 79.9. The van der Waals surface area contributed by atoms with Crippen LogP contribution in [0.25, 0.3) is 5.57 Å². The van der Waals surface area contributed by atoms with Gasteiger partial charge in [0.2, 0.25) is 0 Å². The average molecular weight is 301 g/mol. The van der Waals surface area contributed by atoms with Gasteiger partial charge in [-0.15, -0.1) is 0 Å². The van der Waals surface area contributed by atoms with E-state index in [4.69, 9.17) is 4.74 Å². The van der Waals surface area contributed by atoms with Crippen molar-refractivity contribution in [1.29, 1.82) is 0 Å². The summed E-state index contributed by atoms with van der Waals surface area (Å²) in [5, 5.41) is 0.